The normalized spacial score (nSPS) is 12.2. The van der Waals surface area contributed by atoms with E-state index in [4.69, 9.17) is 4.74 Å². The molecule has 1 atom stereocenters. The minimum absolute atomic E-state index is 0.107. The molecule has 1 N–H and O–H groups in total. The van der Waals surface area contributed by atoms with Crippen LogP contribution in [-0.2, 0) is 6.54 Å². The molecule has 0 aliphatic carbocycles. The van der Waals surface area contributed by atoms with Crippen LogP contribution in [0, 0.1) is 0 Å². The van der Waals surface area contributed by atoms with E-state index in [0.29, 0.717) is 18.2 Å². The zero-order chi connectivity index (χ0) is 20.3. The van der Waals surface area contributed by atoms with E-state index >= 15 is 0 Å². The first-order valence-electron chi connectivity index (χ1n) is 9.37. The fourth-order valence-corrected chi connectivity index (χ4v) is 3.17. The number of amides is 1. The van der Waals surface area contributed by atoms with Gasteiger partial charge >= 0.3 is 0 Å². The van der Waals surface area contributed by atoms with Crippen molar-refractivity contribution in [1.82, 2.24) is 24.6 Å². The Bertz CT molecular complexity index is 944. The number of benzene rings is 1. The van der Waals surface area contributed by atoms with Gasteiger partial charge < -0.3 is 14.2 Å². The Kier molecular flexibility index (Phi) is 5.82. The van der Waals surface area contributed by atoms with E-state index in [1.165, 1.54) is 0 Å². The molecule has 1 aromatic carbocycles. The smallest absolute Gasteiger partial charge is 0.274 e. The summed E-state index contributed by atoms with van der Waals surface area (Å²) in [7, 11) is 3.42. The molecule has 0 aliphatic heterocycles. The number of nitrogens with one attached hydrogen (secondary N) is 1. The van der Waals surface area contributed by atoms with Crippen molar-refractivity contribution < 1.29 is 9.53 Å². The molecule has 0 saturated carbocycles. The second-order valence-electron chi connectivity index (χ2n) is 7.22. The highest BCUT2D eigenvalue weighted by atomic mass is 16.5. The van der Waals surface area contributed by atoms with E-state index in [1.807, 2.05) is 37.4 Å². The quantitative estimate of drug-likeness (QED) is 0.678. The lowest BCUT2D eigenvalue weighted by Gasteiger charge is -2.24. The van der Waals surface area contributed by atoms with Gasteiger partial charge in [-0.25, -0.2) is 4.98 Å². The minimum atomic E-state index is -0.132. The van der Waals surface area contributed by atoms with E-state index in [0.717, 1.165) is 22.8 Å². The van der Waals surface area contributed by atoms with Crippen LogP contribution in [0.25, 0.3) is 0 Å². The van der Waals surface area contributed by atoms with Crippen LogP contribution in [0.2, 0.25) is 0 Å². The number of aromatic nitrogens is 4. The number of carbonyl (C=O) groups excluding carboxylic acids is 1. The predicted molar refractivity (Wildman–Crippen MR) is 108 cm³/mol. The highest BCUT2D eigenvalue weighted by Crippen LogP contribution is 2.24. The molecule has 3 rings (SSSR count). The van der Waals surface area contributed by atoms with Crippen molar-refractivity contribution in [2.75, 3.05) is 14.2 Å². The Morgan fingerprint density at radius 2 is 2.07 bits per heavy atom. The first-order chi connectivity index (χ1) is 13.4. The molecule has 0 aliphatic rings. The highest BCUT2D eigenvalue weighted by molar-refractivity contribution is 5.92. The van der Waals surface area contributed by atoms with Crippen LogP contribution in [0.4, 0.5) is 0 Å². The lowest BCUT2D eigenvalue weighted by molar-refractivity contribution is 0.0736. The second-order valence-corrected chi connectivity index (χ2v) is 7.22. The third-order valence-electron chi connectivity index (χ3n) is 4.93. The Morgan fingerprint density at radius 3 is 2.79 bits per heavy atom. The molecule has 2 heterocycles. The number of hydrogen-bond acceptors (Lipinski definition) is 4. The van der Waals surface area contributed by atoms with Crippen molar-refractivity contribution in [3.63, 3.8) is 0 Å². The van der Waals surface area contributed by atoms with Gasteiger partial charge in [-0.2, -0.15) is 5.10 Å². The van der Waals surface area contributed by atoms with Crippen LogP contribution in [-0.4, -0.2) is 44.7 Å². The molecule has 1 amide bonds. The molecule has 2 aromatic heterocycles. The SMILES string of the molecule is COc1cccc([C@@H](C)N(C)C(=O)c2cc(Cn3ccnc3C(C)C)[nH]n2)c1. The van der Waals surface area contributed by atoms with Gasteiger partial charge in [0, 0.05) is 25.4 Å². The van der Waals surface area contributed by atoms with Crippen molar-refractivity contribution >= 4 is 5.91 Å². The largest absolute Gasteiger partial charge is 0.497 e. The van der Waals surface area contributed by atoms with Gasteiger partial charge in [-0.1, -0.05) is 26.0 Å². The summed E-state index contributed by atoms with van der Waals surface area (Å²) >= 11 is 0. The Hall–Kier alpha value is -3.09. The van der Waals surface area contributed by atoms with E-state index in [9.17, 15) is 4.79 Å². The number of ether oxygens (including phenoxy) is 1. The number of imidazole rings is 1. The average Bonchev–Trinajstić information content (AvgIpc) is 3.36. The summed E-state index contributed by atoms with van der Waals surface area (Å²) in [5.74, 6) is 1.97. The summed E-state index contributed by atoms with van der Waals surface area (Å²) < 4.78 is 7.35. The van der Waals surface area contributed by atoms with Crippen molar-refractivity contribution in [2.24, 2.45) is 0 Å². The standard InChI is InChI=1S/C21H27N5O2/c1-14(2)20-22-9-10-26(20)13-17-12-19(24-23-17)21(27)25(4)15(3)16-7-6-8-18(11-16)28-5/h6-12,14-15H,13H2,1-5H3,(H,23,24)/t15-/m1/s1. The Balaban J connectivity index is 1.73. The number of H-pyrrole nitrogens is 1. The molecule has 7 heteroatoms. The van der Waals surface area contributed by atoms with Crippen molar-refractivity contribution in [2.45, 2.75) is 39.3 Å². The van der Waals surface area contributed by atoms with Crippen LogP contribution < -0.4 is 4.74 Å². The van der Waals surface area contributed by atoms with Crippen molar-refractivity contribution in [1.29, 1.82) is 0 Å². The fraction of sp³-hybridized carbons (Fsp3) is 0.381. The number of carbonyl (C=O) groups is 1. The minimum Gasteiger partial charge on any atom is -0.497 e. The number of rotatable bonds is 7. The van der Waals surface area contributed by atoms with Gasteiger partial charge in [-0.05, 0) is 30.7 Å². The van der Waals surface area contributed by atoms with E-state index in [1.54, 1.807) is 31.3 Å². The lowest BCUT2D eigenvalue weighted by atomic mass is 10.1. The molecule has 3 aromatic rings. The molecule has 0 fully saturated rings. The molecule has 0 saturated heterocycles. The van der Waals surface area contributed by atoms with E-state index < -0.39 is 0 Å². The summed E-state index contributed by atoms with van der Waals surface area (Å²) in [6.07, 6.45) is 3.73. The van der Waals surface area contributed by atoms with E-state index in [-0.39, 0.29) is 11.9 Å². The summed E-state index contributed by atoms with van der Waals surface area (Å²) in [4.78, 5) is 19.0. The monoisotopic (exact) mass is 381 g/mol. The van der Waals surface area contributed by atoms with Crippen LogP contribution in [0.1, 0.15) is 60.3 Å². The van der Waals surface area contributed by atoms with Crippen molar-refractivity contribution in [3.8, 4) is 5.75 Å². The maximum absolute atomic E-state index is 12.9. The first-order valence-corrected chi connectivity index (χ1v) is 9.37. The third-order valence-corrected chi connectivity index (χ3v) is 4.93. The first kappa shape index (κ1) is 19.7. The predicted octanol–water partition coefficient (Wildman–Crippen LogP) is 3.62. The maximum atomic E-state index is 12.9. The summed E-state index contributed by atoms with van der Waals surface area (Å²) in [6.45, 7) is 6.80. The van der Waals surface area contributed by atoms with Crippen LogP contribution in [0.3, 0.4) is 0 Å². The average molecular weight is 381 g/mol. The van der Waals surface area contributed by atoms with Gasteiger partial charge in [-0.3, -0.25) is 9.89 Å². The molecule has 28 heavy (non-hydrogen) atoms. The van der Waals surface area contributed by atoms with Crippen LogP contribution in [0.15, 0.2) is 42.7 Å². The zero-order valence-electron chi connectivity index (χ0n) is 17.0. The molecule has 0 spiro atoms. The summed E-state index contributed by atoms with van der Waals surface area (Å²) in [5, 5.41) is 7.20. The van der Waals surface area contributed by atoms with Crippen LogP contribution in [0.5, 0.6) is 5.75 Å². The third kappa shape index (κ3) is 4.08. The van der Waals surface area contributed by atoms with Gasteiger partial charge in [-0.15, -0.1) is 0 Å². The highest BCUT2D eigenvalue weighted by Gasteiger charge is 2.22. The molecule has 0 unspecified atom stereocenters. The maximum Gasteiger partial charge on any atom is 0.274 e. The molecule has 7 nitrogen and oxygen atoms in total. The van der Waals surface area contributed by atoms with Gasteiger partial charge in [0.15, 0.2) is 0 Å². The number of nitrogens with zero attached hydrogens (tertiary/aromatic N) is 4. The van der Waals surface area contributed by atoms with Crippen LogP contribution >= 0.6 is 0 Å². The van der Waals surface area contributed by atoms with Gasteiger partial charge in [0.2, 0.25) is 0 Å². The second kappa shape index (κ2) is 8.29. The molecular formula is C21H27N5O2. The number of aromatic amines is 1. The van der Waals surface area contributed by atoms with Gasteiger partial charge in [0.1, 0.15) is 17.3 Å². The molecule has 148 valence electrons. The summed E-state index contributed by atoms with van der Waals surface area (Å²) in [5.41, 5.74) is 2.27. The molecule has 0 radical (unpaired) electrons. The lowest BCUT2D eigenvalue weighted by Crippen LogP contribution is -2.30. The number of methoxy groups -OCH3 is 1. The van der Waals surface area contributed by atoms with Crippen molar-refractivity contribution in [3.05, 3.63) is 65.5 Å². The molecule has 0 bridgehead atoms. The van der Waals surface area contributed by atoms with E-state index in [2.05, 4.69) is 33.6 Å². The van der Waals surface area contributed by atoms with Gasteiger partial charge in [0.25, 0.3) is 5.91 Å². The Labute approximate surface area is 165 Å². The Morgan fingerprint density at radius 1 is 1.29 bits per heavy atom. The number of hydrogen-bond donors (Lipinski definition) is 1. The van der Waals surface area contributed by atoms with Gasteiger partial charge in [0.05, 0.1) is 25.4 Å². The summed E-state index contributed by atoms with van der Waals surface area (Å²) in [6, 6.07) is 9.44. The zero-order valence-corrected chi connectivity index (χ0v) is 17.0. The fourth-order valence-electron chi connectivity index (χ4n) is 3.17. The molecular weight excluding hydrogens is 354 g/mol. The topological polar surface area (TPSA) is 76.0 Å².